The Hall–Kier alpha value is -3.60. The topological polar surface area (TPSA) is 61.8 Å². The molecule has 0 saturated carbocycles. The highest BCUT2D eigenvalue weighted by Crippen LogP contribution is 2.23. The summed E-state index contributed by atoms with van der Waals surface area (Å²) in [4.78, 5) is 23.1. The second-order valence-corrected chi connectivity index (χ2v) is 5.73. The largest absolute Gasteiger partial charge is 0.482 e. The molecule has 0 atom stereocenters. The summed E-state index contributed by atoms with van der Waals surface area (Å²) in [5.74, 6) is 1.71. The average molecular weight is 362 g/mol. The molecular weight excluding hydrogens is 344 g/mol. The second-order valence-electron chi connectivity index (χ2n) is 5.73. The molecule has 0 aromatic heterocycles. The van der Waals surface area contributed by atoms with E-state index in [9.17, 15) is 9.59 Å². The minimum Gasteiger partial charge on any atom is -0.482 e. The van der Waals surface area contributed by atoms with E-state index in [4.69, 9.17) is 14.2 Å². The zero-order chi connectivity index (χ0) is 19.1. The number of Topliss-reactive ketones (excluding diaryl/α,β-unsaturated/α-hetero) is 1. The molecule has 0 aliphatic heterocycles. The van der Waals surface area contributed by atoms with Gasteiger partial charge in [0.25, 0.3) is 0 Å². The van der Waals surface area contributed by atoms with E-state index in [1.807, 2.05) is 30.3 Å². The molecule has 3 rings (SSSR count). The number of ether oxygens (including phenoxy) is 3. The van der Waals surface area contributed by atoms with Crippen LogP contribution in [0.15, 0.2) is 78.9 Å². The van der Waals surface area contributed by atoms with Crippen molar-refractivity contribution < 1.29 is 23.8 Å². The average Bonchev–Trinajstić information content (AvgIpc) is 2.69. The molecule has 0 amide bonds. The van der Waals surface area contributed by atoms with Gasteiger partial charge in [-0.25, -0.2) is 4.79 Å². The quantitative estimate of drug-likeness (QED) is 0.347. The summed E-state index contributed by atoms with van der Waals surface area (Å²) >= 11 is 0. The van der Waals surface area contributed by atoms with Crippen LogP contribution < -0.4 is 14.2 Å². The van der Waals surface area contributed by atoms with Crippen LogP contribution in [0.5, 0.6) is 23.0 Å². The molecule has 0 aliphatic rings. The van der Waals surface area contributed by atoms with Crippen molar-refractivity contribution in [1.29, 1.82) is 0 Å². The monoisotopic (exact) mass is 362 g/mol. The van der Waals surface area contributed by atoms with Crippen LogP contribution in [-0.2, 0) is 4.79 Å². The smallest absolute Gasteiger partial charge is 0.349 e. The molecule has 0 heterocycles. The third kappa shape index (κ3) is 5.44. The first-order valence-corrected chi connectivity index (χ1v) is 8.37. The molecule has 0 unspecified atom stereocenters. The molecular formula is C22H18O5. The maximum Gasteiger partial charge on any atom is 0.349 e. The number of carbonyl (C=O) groups is 2. The fraction of sp³-hybridized carbons (Fsp3) is 0.0909. The van der Waals surface area contributed by atoms with Gasteiger partial charge in [0.1, 0.15) is 23.0 Å². The Morgan fingerprint density at radius 3 is 1.89 bits per heavy atom. The Morgan fingerprint density at radius 1 is 0.704 bits per heavy atom. The van der Waals surface area contributed by atoms with Crippen LogP contribution in [0.4, 0.5) is 0 Å². The zero-order valence-corrected chi connectivity index (χ0v) is 14.8. The van der Waals surface area contributed by atoms with Crippen molar-refractivity contribution >= 4 is 11.8 Å². The first-order chi connectivity index (χ1) is 13.1. The molecule has 0 fully saturated rings. The molecule has 0 radical (unpaired) electrons. The number of benzene rings is 3. The molecule has 0 saturated heterocycles. The van der Waals surface area contributed by atoms with E-state index in [1.165, 1.54) is 6.92 Å². The Labute approximate surface area is 157 Å². The summed E-state index contributed by atoms with van der Waals surface area (Å²) in [5.41, 5.74) is 0.586. The van der Waals surface area contributed by atoms with Gasteiger partial charge < -0.3 is 14.2 Å². The van der Waals surface area contributed by atoms with Gasteiger partial charge in [-0.2, -0.15) is 0 Å². The van der Waals surface area contributed by atoms with Crippen molar-refractivity contribution in [3.63, 3.8) is 0 Å². The summed E-state index contributed by atoms with van der Waals surface area (Å²) in [6, 6.07) is 22.7. The molecule has 5 nitrogen and oxygen atoms in total. The van der Waals surface area contributed by atoms with Crippen LogP contribution in [0.1, 0.15) is 17.3 Å². The number of para-hydroxylation sites is 1. The molecule has 27 heavy (non-hydrogen) atoms. The van der Waals surface area contributed by atoms with Crippen LogP contribution >= 0.6 is 0 Å². The summed E-state index contributed by atoms with van der Waals surface area (Å²) in [6.45, 7) is 1.26. The summed E-state index contributed by atoms with van der Waals surface area (Å²) in [6.07, 6.45) is 0. The fourth-order valence-electron chi connectivity index (χ4n) is 2.29. The Balaban J connectivity index is 1.49. The number of hydrogen-bond donors (Lipinski definition) is 0. The Bertz CT molecular complexity index is 900. The van der Waals surface area contributed by atoms with Gasteiger partial charge in [-0.15, -0.1) is 0 Å². The van der Waals surface area contributed by atoms with Gasteiger partial charge in [0.05, 0.1) is 0 Å². The van der Waals surface area contributed by atoms with Gasteiger partial charge >= 0.3 is 5.97 Å². The molecule has 136 valence electrons. The van der Waals surface area contributed by atoms with E-state index in [-0.39, 0.29) is 12.4 Å². The van der Waals surface area contributed by atoms with Crippen molar-refractivity contribution in [2.24, 2.45) is 0 Å². The van der Waals surface area contributed by atoms with Crippen LogP contribution in [0, 0.1) is 0 Å². The van der Waals surface area contributed by atoms with E-state index >= 15 is 0 Å². The minimum atomic E-state index is -0.526. The predicted molar refractivity (Wildman–Crippen MR) is 101 cm³/mol. The van der Waals surface area contributed by atoms with Crippen LogP contribution in [0.25, 0.3) is 0 Å². The molecule has 5 heteroatoms. The lowest BCUT2D eigenvalue weighted by Gasteiger charge is -2.08. The molecule has 0 spiro atoms. The summed E-state index contributed by atoms with van der Waals surface area (Å²) in [7, 11) is 0. The summed E-state index contributed by atoms with van der Waals surface area (Å²) < 4.78 is 16.3. The number of carbonyl (C=O) groups excluding carboxylic acids is 2. The van der Waals surface area contributed by atoms with Gasteiger partial charge in [0.2, 0.25) is 0 Å². The predicted octanol–water partition coefficient (Wildman–Crippen LogP) is 4.67. The van der Waals surface area contributed by atoms with E-state index < -0.39 is 5.97 Å². The van der Waals surface area contributed by atoms with Crippen molar-refractivity contribution in [3.05, 3.63) is 84.4 Å². The van der Waals surface area contributed by atoms with Crippen LogP contribution in [0.2, 0.25) is 0 Å². The molecule has 3 aromatic carbocycles. The zero-order valence-electron chi connectivity index (χ0n) is 14.8. The van der Waals surface area contributed by atoms with Crippen LogP contribution in [-0.4, -0.2) is 18.4 Å². The number of esters is 1. The van der Waals surface area contributed by atoms with Crippen molar-refractivity contribution in [1.82, 2.24) is 0 Å². The molecule has 3 aromatic rings. The van der Waals surface area contributed by atoms with Gasteiger partial charge in [-0.3, -0.25) is 4.79 Å². The maximum absolute atomic E-state index is 11.9. The van der Waals surface area contributed by atoms with Crippen molar-refractivity contribution in [3.8, 4) is 23.0 Å². The fourth-order valence-corrected chi connectivity index (χ4v) is 2.29. The van der Waals surface area contributed by atoms with Gasteiger partial charge in [-0.05, 0) is 67.6 Å². The van der Waals surface area contributed by atoms with E-state index in [0.29, 0.717) is 22.8 Å². The van der Waals surface area contributed by atoms with Crippen LogP contribution in [0.3, 0.4) is 0 Å². The standard InChI is InChI=1S/C22H18O5/c1-16(23)17-7-9-18(10-8-17)25-15-22(24)27-21-13-11-20(12-14-21)26-19-5-3-2-4-6-19/h2-14H,15H2,1H3. The maximum atomic E-state index is 11.9. The van der Waals surface area contributed by atoms with Crippen molar-refractivity contribution in [2.75, 3.05) is 6.61 Å². The number of rotatable bonds is 7. The van der Waals surface area contributed by atoms with Crippen molar-refractivity contribution in [2.45, 2.75) is 6.92 Å². The van der Waals surface area contributed by atoms with Gasteiger partial charge in [0.15, 0.2) is 12.4 Å². The SMILES string of the molecule is CC(=O)c1ccc(OCC(=O)Oc2ccc(Oc3ccccc3)cc2)cc1. The highest BCUT2D eigenvalue weighted by molar-refractivity contribution is 5.94. The van der Waals surface area contributed by atoms with E-state index in [0.717, 1.165) is 5.75 Å². The minimum absolute atomic E-state index is 0.0272. The number of ketones is 1. The molecule has 0 bridgehead atoms. The Morgan fingerprint density at radius 2 is 1.26 bits per heavy atom. The lowest BCUT2D eigenvalue weighted by Crippen LogP contribution is -2.17. The van der Waals surface area contributed by atoms with Gasteiger partial charge in [0, 0.05) is 5.56 Å². The number of hydrogen-bond acceptors (Lipinski definition) is 5. The van der Waals surface area contributed by atoms with E-state index in [1.54, 1.807) is 48.5 Å². The highest BCUT2D eigenvalue weighted by atomic mass is 16.6. The molecule has 0 N–H and O–H groups in total. The Kier molecular flexibility index (Phi) is 5.84. The normalized spacial score (nSPS) is 10.1. The third-order valence-electron chi connectivity index (χ3n) is 3.65. The first kappa shape index (κ1) is 18.2. The molecule has 0 aliphatic carbocycles. The van der Waals surface area contributed by atoms with Gasteiger partial charge in [-0.1, -0.05) is 18.2 Å². The van der Waals surface area contributed by atoms with E-state index in [2.05, 4.69) is 0 Å². The highest BCUT2D eigenvalue weighted by Gasteiger charge is 2.07. The lowest BCUT2D eigenvalue weighted by atomic mass is 10.1. The second kappa shape index (κ2) is 8.67. The lowest BCUT2D eigenvalue weighted by molar-refractivity contribution is -0.136. The third-order valence-corrected chi connectivity index (χ3v) is 3.65. The first-order valence-electron chi connectivity index (χ1n) is 8.37. The summed E-state index contributed by atoms with van der Waals surface area (Å²) in [5, 5.41) is 0.